The van der Waals surface area contributed by atoms with Gasteiger partial charge in [-0.1, -0.05) is 190 Å². The maximum atomic E-state index is 13.3. The molecule has 2 aliphatic heterocycles. The molecule has 2 unspecified atom stereocenters. The number of rotatable bonds is 27. The second-order valence-corrected chi connectivity index (χ2v) is 23.1. The molecule has 0 bridgehead atoms. The average molecular weight is 1160 g/mol. The number of nitrogens with one attached hydrogen (secondary N) is 1. The number of benzene rings is 2. The number of aryl methyl sites for hydroxylation is 2. The van der Waals surface area contributed by atoms with Gasteiger partial charge in [-0.05, 0) is 152 Å². The first-order chi connectivity index (χ1) is 39.7. The van der Waals surface area contributed by atoms with Gasteiger partial charge in [-0.25, -0.2) is 8.97 Å². The van der Waals surface area contributed by atoms with E-state index in [0.717, 1.165) is 117 Å². The molecule has 3 atom stereocenters. The molecule has 3 aliphatic rings. The van der Waals surface area contributed by atoms with E-state index in [0.29, 0.717) is 11.5 Å². The van der Waals surface area contributed by atoms with Gasteiger partial charge in [-0.2, -0.15) is 0 Å². The quantitative estimate of drug-likeness (QED) is 0.0313. The molecule has 0 aromatic heterocycles. The summed E-state index contributed by atoms with van der Waals surface area (Å²) in [6.45, 7) is 33.8. The highest BCUT2D eigenvalue weighted by Crippen LogP contribution is 2.36. The van der Waals surface area contributed by atoms with Crippen molar-refractivity contribution in [1.82, 2.24) is 0 Å². The van der Waals surface area contributed by atoms with Gasteiger partial charge in [0.1, 0.15) is 48.8 Å². The van der Waals surface area contributed by atoms with Crippen molar-refractivity contribution in [1.29, 1.82) is 0 Å². The van der Waals surface area contributed by atoms with Gasteiger partial charge in [-0.3, -0.25) is 9.59 Å². The van der Waals surface area contributed by atoms with Crippen LogP contribution in [0.3, 0.4) is 0 Å². The number of allylic oxidation sites excluding steroid dienone is 8. The first-order valence-corrected chi connectivity index (χ1v) is 32.8. The van der Waals surface area contributed by atoms with Crippen LogP contribution in [0.15, 0.2) is 94.6 Å². The fraction of sp³-hybridized carbons (Fsp3) is 0.649. The van der Waals surface area contributed by atoms with Gasteiger partial charge in [-0.15, -0.1) is 0 Å². The lowest BCUT2D eigenvalue weighted by molar-refractivity contribution is -0.493. The second-order valence-electron chi connectivity index (χ2n) is 23.1. The van der Waals surface area contributed by atoms with E-state index in [-0.39, 0.29) is 23.6 Å². The SMILES string of the molecule is C1CCCC1.CC/C=C(C)/C=C(\C=C(/C)C1=C(OC)CC[N+](C)=C1)C(C)=O.CC=O.CCC/C=C1/Nc2ccc(C)cc2N1C.CCCCC(=O)[C@H](C)CC.CCCCCC(C)CCC.CCCCCC(CCC)Oc1cc(C)cc(F)c1. The summed E-state index contributed by atoms with van der Waals surface area (Å²) in [4.78, 5) is 34.1. The Morgan fingerprint density at radius 3 is 1.88 bits per heavy atom. The Kier molecular flexibility index (Phi) is 49.5. The molecule has 1 fully saturated rings. The minimum Gasteiger partial charge on any atom is -0.500 e. The second kappa shape index (κ2) is 51.4. The zero-order valence-corrected chi connectivity index (χ0v) is 56.9. The van der Waals surface area contributed by atoms with Gasteiger partial charge in [0.05, 0.1) is 36.6 Å². The van der Waals surface area contributed by atoms with Crippen LogP contribution in [0, 0.1) is 31.5 Å². The van der Waals surface area contributed by atoms with Crippen LogP contribution in [0.2, 0.25) is 0 Å². The van der Waals surface area contributed by atoms with Gasteiger partial charge >= 0.3 is 0 Å². The van der Waals surface area contributed by atoms with E-state index in [1.165, 1.54) is 138 Å². The third kappa shape index (κ3) is 39.2. The maximum Gasteiger partial charge on any atom is 0.174 e. The van der Waals surface area contributed by atoms with E-state index >= 15 is 0 Å². The number of anilines is 2. The third-order valence-electron chi connectivity index (χ3n) is 14.8. The number of hydrogen-bond acceptors (Lipinski definition) is 7. The smallest absolute Gasteiger partial charge is 0.174 e. The van der Waals surface area contributed by atoms with Crippen LogP contribution < -0.4 is 15.0 Å². The van der Waals surface area contributed by atoms with E-state index in [2.05, 4.69) is 135 Å². The lowest BCUT2D eigenvalue weighted by Gasteiger charge is -2.19. The highest BCUT2D eigenvalue weighted by atomic mass is 19.1. The fourth-order valence-corrected chi connectivity index (χ4v) is 9.59. The molecule has 2 aromatic rings. The zero-order valence-electron chi connectivity index (χ0n) is 56.9. The molecule has 2 heterocycles. The van der Waals surface area contributed by atoms with Gasteiger partial charge < -0.3 is 24.5 Å². The first kappa shape index (κ1) is 80.0. The molecule has 5 rings (SSSR count). The summed E-state index contributed by atoms with van der Waals surface area (Å²) in [5.41, 5.74) is 8.66. The van der Waals surface area contributed by atoms with Gasteiger partial charge in [0.25, 0.3) is 0 Å². The number of ether oxygens (including phenoxy) is 2. The van der Waals surface area contributed by atoms with Crippen LogP contribution in [0.1, 0.15) is 269 Å². The first-order valence-electron chi connectivity index (χ1n) is 32.8. The monoisotopic (exact) mass is 1150 g/mol. The molecule has 1 saturated carbocycles. The standard InChI is InChI=1S/C19H28NO2.C16H25FO.C13H18N2.C10H22.C9H18O.C5H10.C2H4O/c1-7-8-14(2)11-17(16(4)21)12-15(3)18-13-20(5)10-9-19(18)22-6;1-4-6-7-9-15(8-5-2)18-16-11-13(3)10-14(17)12-16;1-4-5-6-13-14-11-8-7-10(2)9-12(11)15(13)3;1-4-6-7-9-10(3)8-5-2;1-4-6-7-9(10)8(3)5-2;1-2-4-5-3-1;1-2-3/h8,11-13H,7,9-10H2,1-6H3;10-12,15H,4-9H2,1-3H3;6-9,14H,4-5H2,1-3H3;10H,4-9H2,1-3H3;8H,4-7H2,1-3H3;1-5H2;2H,1H3/q+1;;;;;;/b14-8+,15-12+,17-11+;;13-6-;;;;/t;;;;8-;;/m....1../s1. The van der Waals surface area contributed by atoms with E-state index < -0.39 is 0 Å². The Morgan fingerprint density at radius 1 is 0.759 bits per heavy atom. The topological polar surface area (TPSA) is 88.0 Å². The summed E-state index contributed by atoms with van der Waals surface area (Å²) >= 11 is 0. The summed E-state index contributed by atoms with van der Waals surface area (Å²) in [5, 5.41) is 3.43. The van der Waals surface area contributed by atoms with Crippen molar-refractivity contribution in [2.75, 3.05) is 38.0 Å². The molecule has 83 heavy (non-hydrogen) atoms. The summed E-state index contributed by atoms with van der Waals surface area (Å²) in [6.07, 6.45) is 42.3. The number of nitrogens with zero attached hydrogens (tertiary/aromatic N) is 2. The number of aldehydes is 1. The summed E-state index contributed by atoms with van der Waals surface area (Å²) in [7, 11) is 5.87. The van der Waals surface area contributed by atoms with E-state index in [1.54, 1.807) is 14.0 Å². The predicted molar refractivity (Wildman–Crippen MR) is 360 cm³/mol. The molecule has 472 valence electrons. The van der Waals surface area contributed by atoms with Crippen LogP contribution in [-0.4, -0.2) is 62.5 Å². The minimum absolute atomic E-state index is 0.0759. The summed E-state index contributed by atoms with van der Waals surface area (Å²) in [5.74, 6) is 4.41. The third-order valence-corrected chi connectivity index (χ3v) is 14.8. The number of methoxy groups -OCH3 is 1. The van der Waals surface area contributed by atoms with E-state index in [1.807, 2.05) is 45.9 Å². The van der Waals surface area contributed by atoms with Crippen molar-refractivity contribution in [2.45, 2.75) is 277 Å². The molecule has 0 spiro atoms. The van der Waals surface area contributed by atoms with Crippen molar-refractivity contribution < 1.29 is 32.8 Å². The number of Topliss-reactive ketones (excluding diaryl/α,β-unsaturated/α-hetero) is 2. The van der Waals surface area contributed by atoms with Crippen molar-refractivity contribution >= 4 is 35.4 Å². The average Bonchev–Trinajstić information content (AvgIpc) is 4.14. The highest BCUT2D eigenvalue weighted by molar-refractivity contribution is 5.97. The van der Waals surface area contributed by atoms with Crippen LogP contribution in [0.25, 0.3) is 0 Å². The van der Waals surface area contributed by atoms with Crippen LogP contribution in [0.4, 0.5) is 15.8 Å². The molecule has 2 aromatic carbocycles. The number of halogens is 1. The molecule has 0 amide bonds. The van der Waals surface area contributed by atoms with Crippen LogP contribution in [-0.2, 0) is 19.1 Å². The van der Waals surface area contributed by atoms with Crippen molar-refractivity contribution in [3.05, 3.63) is 112 Å². The van der Waals surface area contributed by atoms with E-state index in [4.69, 9.17) is 14.3 Å². The van der Waals surface area contributed by atoms with Gasteiger partial charge in [0.2, 0.25) is 0 Å². The molecular weight excluding hydrogens is 1030 g/mol. The van der Waals surface area contributed by atoms with Crippen LogP contribution >= 0.6 is 0 Å². The maximum absolute atomic E-state index is 13.3. The Morgan fingerprint density at radius 2 is 1.36 bits per heavy atom. The molecule has 1 N–H and O–H groups in total. The molecule has 8 nitrogen and oxygen atoms in total. The Bertz CT molecular complexity index is 2220. The molecule has 1 aliphatic carbocycles. The van der Waals surface area contributed by atoms with Crippen LogP contribution in [0.5, 0.6) is 5.75 Å². The highest BCUT2D eigenvalue weighted by Gasteiger charge is 2.21. The molecule has 9 heteroatoms. The Labute approximate surface area is 510 Å². The summed E-state index contributed by atoms with van der Waals surface area (Å²) < 4.78 is 26.9. The zero-order chi connectivity index (χ0) is 63.0. The van der Waals surface area contributed by atoms with Crippen molar-refractivity contribution in [2.24, 2.45) is 11.8 Å². The Hall–Kier alpha value is -5.05. The normalized spacial score (nSPS) is 15.2. The molecule has 0 saturated heterocycles. The fourth-order valence-electron chi connectivity index (χ4n) is 9.59. The number of carbonyl (C=O) groups excluding carboxylic acids is 3. The number of ketones is 2. The molecular formula is C74H125FN3O5+. The van der Waals surface area contributed by atoms with Gasteiger partial charge in [0.15, 0.2) is 12.0 Å². The lowest BCUT2D eigenvalue weighted by Crippen LogP contribution is -2.19. The predicted octanol–water partition coefficient (Wildman–Crippen LogP) is 21.5. The van der Waals surface area contributed by atoms with E-state index in [9.17, 15) is 14.0 Å². The Balaban J connectivity index is 0. The number of unbranched alkanes of at least 4 members (excludes halogenated alkanes) is 6. The van der Waals surface area contributed by atoms with Gasteiger partial charge in [0, 0.05) is 31.0 Å². The van der Waals surface area contributed by atoms with Crippen molar-refractivity contribution in [3.63, 3.8) is 0 Å². The number of fused-ring (bicyclic) bond motifs is 1. The minimum atomic E-state index is -0.214. The number of carbonyl (C=O) groups is 3. The largest absolute Gasteiger partial charge is 0.500 e. The lowest BCUT2D eigenvalue weighted by atomic mass is 9.98. The molecule has 0 radical (unpaired) electrons. The van der Waals surface area contributed by atoms with Crippen molar-refractivity contribution in [3.8, 4) is 5.75 Å². The summed E-state index contributed by atoms with van der Waals surface area (Å²) in [6, 6.07) is 11.4. The number of hydrogen-bond donors (Lipinski definition) is 1.